The van der Waals surface area contributed by atoms with Crippen LogP contribution in [0, 0.1) is 0 Å². The maximum absolute atomic E-state index is 9.72. The molecule has 0 radical (unpaired) electrons. The van der Waals surface area contributed by atoms with Crippen LogP contribution in [-0.2, 0) is 18.9 Å². The van der Waals surface area contributed by atoms with Gasteiger partial charge in [-0.1, -0.05) is 0 Å². The number of hydrogen-bond donors (Lipinski definition) is 2. The Hall–Kier alpha value is -0.240. The van der Waals surface area contributed by atoms with E-state index in [2.05, 4.69) is 0 Å². The molecule has 0 aromatic carbocycles. The van der Waals surface area contributed by atoms with Crippen molar-refractivity contribution in [2.75, 3.05) is 26.8 Å². The second kappa shape index (κ2) is 5.20. The quantitative estimate of drug-likeness (QED) is 0.622. The molecule has 2 N–H and O–H groups in total. The summed E-state index contributed by atoms with van der Waals surface area (Å²) in [6, 6.07) is 0. The maximum atomic E-state index is 9.72. The minimum Gasteiger partial charge on any atom is -0.390 e. The molecule has 2 fully saturated rings. The predicted octanol–water partition coefficient (Wildman–Crippen LogP) is -1.16. The van der Waals surface area contributed by atoms with Crippen LogP contribution in [-0.4, -0.2) is 61.4 Å². The summed E-state index contributed by atoms with van der Waals surface area (Å²) < 4.78 is 20.2. The van der Waals surface area contributed by atoms with E-state index in [4.69, 9.17) is 18.9 Å². The number of aliphatic hydroxyl groups excluding tert-OH is 2. The van der Waals surface area contributed by atoms with Crippen LogP contribution in [0.25, 0.3) is 0 Å². The van der Waals surface area contributed by atoms with Gasteiger partial charge in [0, 0.05) is 6.42 Å². The summed E-state index contributed by atoms with van der Waals surface area (Å²) in [5.74, 6) is 0. The maximum Gasteiger partial charge on any atom is 0.147 e. The Morgan fingerprint density at radius 3 is 1.73 bits per heavy atom. The van der Waals surface area contributed by atoms with Crippen molar-refractivity contribution >= 4 is 0 Å². The Morgan fingerprint density at radius 1 is 0.933 bits per heavy atom. The van der Waals surface area contributed by atoms with Gasteiger partial charge >= 0.3 is 0 Å². The molecule has 6 heteroatoms. The van der Waals surface area contributed by atoms with Gasteiger partial charge in [0.2, 0.25) is 0 Å². The Kier molecular flexibility index (Phi) is 3.90. The van der Waals surface area contributed by atoms with Crippen LogP contribution in [0.4, 0.5) is 0 Å². The fourth-order valence-corrected chi connectivity index (χ4v) is 1.69. The van der Waals surface area contributed by atoms with Crippen LogP contribution in [0.15, 0.2) is 0 Å². The molecule has 15 heavy (non-hydrogen) atoms. The van der Waals surface area contributed by atoms with Crippen LogP contribution in [0.2, 0.25) is 0 Å². The minimum absolute atomic E-state index is 0.209. The first-order valence-electron chi connectivity index (χ1n) is 5.02. The SMILES string of the molecule is OC(CC(O)C1COCO1)C1COCO1. The summed E-state index contributed by atoms with van der Waals surface area (Å²) in [7, 11) is 0. The lowest BCUT2D eigenvalue weighted by atomic mass is 10.0. The van der Waals surface area contributed by atoms with E-state index in [-0.39, 0.29) is 32.2 Å². The summed E-state index contributed by atoms with van der Waals surface area (Å²) in [6.07, 6.45) is -1.94. The van der Waals surface area contributed by atoms with Crippen molar-refractivity contribution < 1.29 is 29.2 Å². The number of hydrogen-bond acceptors (Lipinski definition) is 6. The summed E-state index contributed by atoms with van der Waals surface area (Å²) in [5, 5.41) is 19.4. The molecule has 0 aromatic rings. The molecule has 0 aromatic heterocycles. The largest absolute Gasteiger partial charge is 0.390 e. The zero-order valence-corrected chi connectivity index (χ0v) is 8.37. The van der Waals surface area contributed by atoms with Crippen LogP contribution < -0.4 is 0 Å². The normalized spacial score (nSPS) is 35.6. The van der Waals surface area contributed by atoms with Gasteiger partial charge in [-0.3, -0.25) is 0 Å². The molecule has 0 saturated carbocycles. The van der Waals surface area contributed by atoms with Gasteiger partial charge in [0.15, 0.2) is 0 Å². The summed E-state index contributed by atoms with van der Waals surface area (Å²) in [6.45, 7) is 1.16. The molecule has 0 amide bonds. The molecule has 2 aliphatic rings. The van der Waals surface area contributed by atoms with Gasteiger partial charge in [-0.15, -0.1) is 0 Å². The van der Waals surface area contributed by atoms with Crippen molar-refractivity contribution in [1.82, 2.24) is 0 Å². The van der Waals surface area contributed by atoms with E-state index in [9.17, 15) is 10.2 Å². The lowest BCUT2D eigenvalue weighted by Crippen LogP contribution is -2.37. The number of rotatable bonds is 4. The Balaban J connectivity index is 1.74. The second-order valence-corrected chi connectivity index (χ2v) is 3.76. The predicted molar refractivity (Wildman–Crippen MR) is 48.0 cm³/mol. The van der Waals surface area contributed by atoms with Crippen molar-refractivity contribution in [3.05, 3.63) is 0 Å². The first kappa shape index (κ1) is 11.3. The van der Waals surface area contributed by atoms with Crippen molar-refractivity contribution in [1.29, 1.82) is 0 Å². The highest BCUT2D eigenvalue weighted by molar-refractivity contribution is 4.79. The van der Waals surface area contributed by atoms with E-state index in [0.29, 0.717) is 13.2 Å². The van der Waals surface area contributed by atoms with Crippen LogP contribution in [0.5, 0.6) is 0 Å². The fraction of sp³-hybridized carbons (Fsp3) is 1.00. The zero-order valence-electron chi connectivity index (χ0n) is 8.37. The third kappa shape index (κ3) is 2.87. The Labute approximate surface area is 87.7 Å². The fourth-order valence-electron chi connectivity index (χ4n) is 1.69. The summed E-state index contributed by atoms with van der Waals surface area (Å²) in [5.41, 5.74) is 0. The van der Waals surface area contributed by atoms with E-state index in [0.717, 1.165) is 0 Å². The van der Waals surface area contributed by atoms with Crippen molar-refractivity contribution in [2.24, 2.45) is 0 Å². The topological polar surface area (TPSA) is 77.4 Å². The molecular weight excluding hydrogens is 204 g/mol. The molecule has 2 heterocycles. The molecule has 0 spiro atoms. The van der Waals surface area contributed by atoms with E-state index in [1.54, 1.807) is 0 Å². The van der Waals surface area contributed by atoms with Gasteiger partial charge in [-0.05, 0) is 0 Å². The molecule has 0 bridgehead atoms. The van der Waals surface area contributed by atoms with E-state index in [1.165, 1.54) is 0 Å². The molecule has 2 rings (SSSR count). The molecule has 0 aliphatic carbocycles. The smallest absolute Gasteiger partial charge is 0.147 e. The highest BCUT2D eigenvalue weighted by Gasteiger charge is 2.31. The molecule has 4 atom stereocenters. The van der Waals surface area contributed by atoms with E-state index in [1.807, 2.05) is 0 Å². The second-order valence-electron chi connectivity index (χ2n) is 3.76. The Bertz CT molecular complexity index is 167. The van der Waals surface area contributed by atoms with Gasteiger partial charge < -0.3 is 29.2 Å². The minimum atomic E-state index is -0.730. The van der Waals surface area contributed by atoms with E-state index >= 15 is 0 Å². The number of aliphatic hydroxyl groups is 2. The van der Waals surface area contributed by atoms with Gasteiger partial charge in [-0.25, -0.2) is 0 Å². The average molecular weight is 220 g/mol. The Morgan fingerprint density at radius 2 is 1.40 bits per heavy atom. The first-order chi connectivity index (χ1) is 7.27. The third-order valence-corrected chi connectivity index (χ3v) is 2.64. The van der Waals surface area contributed by atoms with Crippen molar-refractivity contribution in [3.63, 3.8) is 0 Å². The molecule has 2 saturated heterocycles. The van der Waals surface area contributed by atoms with Gasteiger partial charge in [0.25, 0.3) is 0 Å². The lowest BCUT2D eigenvalue weighted by Gasteiger charge is -2.21. The molecule has 2 aliphatic heterocycles. The lowest BCUT2D eigenvalue weighted by molar-refractivity contribution is -0.0594. The summed E-state index contributed by atoms with van der Waals surface area (Å²) in [4.78, 5) is 0. The molecular formula is C9H16O6. The highest BCUT2D eigenvalue weighted by atomic mass is 16.7. The molecule has 88 valence electrons. The number of ether oxygens (including phenoxy) is 4. The van der Waals surface area contributed by atoms with E-state index < -0.39 is 12.2 Å². The molecule has 6 nitrogen and oxygen atoms in total. The molecule has 4 unspecified atom stereocenters. The van der Waals surface area contributed by atoms with Crippen molar-refractivity contribution in [2.45, 2.75) is 30.8 Å². The average Bonchev–Trinajstić information content (AvgIpc) is 2.91. The highest BCUT2D eigenvalue weighted by Crippen LogP contribution is 2.17. The van der Waals surface area contributed by atoms with Crippen LogP contribution >= 0.6 is 0 Å². The van der Waals surface area contributed by atoms with Crippen molar-refractivity contribution in [3.8, 4) is 0 Å². The van der Waals surface area contributed by atoms with Crippen LogP contribution in [0.1, 0.15) is 6.42 Å². The standard InChI is InChI=1S/C9H16O6/c10-6(8-2-12-4-14-8)1-7(11)9-3-13-5-15-9/h6-11H,1-5H2. The van der Waals surface area contributed by atoms with Gasteiger partial charge in [-0.2, -0.15) is 0 Å². The van der Waals surface area contributed by atoms with Gasteiger partial charge in [0.05, 0.1) is 25.4 Å². The third-order valence-electron chi connectivity index (χ3n) is 2.64. The zero-order chi connectivity index (χ0) is 10.7. The van der Waals surface area contributed by atoms with Crippen LogP contribution in [0.3, 0.4) is 0 Å². The summed E-state index contributed by atoms with van der Waals surface area (Å²) >= 11 is 0. The van der Waals surface area contributed by atoms with Gasteiger partial charge in [0.1, 0.15) is 25.8 Å². The first-order valence-corrected chi connectivity index (χ1v) is 5.02. The monoisotopic (exact) mass is 220 g/mol.